The van der Waals surface area contributed by atoms with E-state index in [0.29, 0.717) is 23.2 Å². The van der Waals surface area contributed by atoms with Gasteiger partial charge in [0.1, 0.15) is 11.6 Å². The molecule has 0 radical (unpaired) electrons. The van der Waals surface area contributed by atoms with Gasteiger partial charge in [-0.1, -0.05) is 19.9 Å². The summed E-state index contributed by atoms with van der Waals surface area (Å²) < 4.78 is 28.5. The smallest absolute Gasteiger partial charge is 0.268 e. The zero-order valence-electron chi connectivity index (χ0n) is 20.4. The number of sulfonamides is 1. The van der Waals surface area contributed by atoms with Gasteiger partial charge >= 0.3 is 0 Å². The SMILES string of the molecule is CCc1ccnc(Nc2cccc(S(=O)(=O)NC(=O)c3cccnc3N3CC(C)CC3(C)C)c2)c1. The van der Waals surface area contributed by atoms with Crippen LogP contribution in [0.2, 0.25) is 0 Å². The number of hydrogen-bond donors (Lipinski definition) is 2. The summed E-state index contributed by atoms with van der Waals surface area (Å²) in [4.78, 5) is 24.0. The molecular weight excluding hydrogens is 462 g/mol. The highest BCUT2D eigenvalue weighted by molar-refractivity contribution is 7.90. The number of anilines is 3. The Bertz CT molecular complexity index is 1340. The van der Waals surface area contributed by atoms with E-state index >= 15 is 0 Å². The third-order valence-electron chi connectivity index (χ3n) is 6.24. The van der Waals surface area contributed by atoms with Gasteiger partial charge in [0, 0.05) is 30.2 Å². The van der Waals surface area contributed by atoms with Gasteiger partial charge in [0.2, 0.25) is 0 Å². The first-order valence-electron chi connectivity index (χ1n) is 11.7. The highest BCUT2D eigenvalue weighted by Crippen LogP contribution is 2.37. The molecule has 1 aliphatic rings. The normalized spacial score (nSPS) is 17.3. The highest BCUT2D eigenvalue weighted by atomic mass is 32.2. The summed E-state index contributed by atoms with van der Waals surface area (Å²) in [5, 5.41) is 3.13. The highest BCUT2D eigenvalue weighted by Gasteiger charge is 2.39. The van der Waals surface area contributed by atoms with Crippen LogP contribution in [0.1, 0.15) is 50.0 Å². The molecular formula is C26H31N5O3S. The second-order valence-corrected chi connectivity index (χ2v) is 11.3. The summed E-state index contributed by atoms with van der Waals surface area (Å²) in [7, 11) is -4.12. The molecule has 1 aliphatic heterocycles. The predicted molar refractivity (Wildman–Crippen MR) is 137 cm³/mol. The van der Waals surface area contributed by atoms with Crippen LogP contribution in [-0.4, -0.2) is 36.4 Å². The molecule has 35 heavy (non-hydrogen) atoms. The van der Waals surface area contributed by atoms with Gasteiger partial charge in [-0.15, -0.1) is 0 Å². The van der Waals surface area contributed by atoms with Crippen molar-refractivity contribution in [2.75, 3.05) is 16.8 Å². The van der Waals surface area contributed by atoms with Crippen LogP contribution in [-0.2, 0) is 16.4 Å². The van der Waals surface area contributed by atoms with E-state index in [2.05, 4.69) is 45.7 Å². The first-order valence-corrected chi connectivity index (χ1v) is 13.2. The summed E-state index contributed by atoms with van der Waals surface area (Å²) in [5.41, 5.74) is 1.70. The summed E-state index contributed by atoms with van der Waals surface area (Å²) in [6.07, 6.45) is 5.15. The van der Waals surface area contributed by atoms with Gasteiger partial charge in [-0.3, -0.25) is 4.79 Å². The van der Waals surface area contributed by atoms with E-state index in [-0.39, 0.29) is 16.0 Å². The van der Waals surface area contributed by atoms with Crippen molar-refractivity contribution in [1.29, 1.82) is 0 Å². The summed E-state index contributed by atoms with van der Waals surface area (Å²) >= 11 is 0. The van der Waals surface area contributed by atoms with Crippen LogP contribution in [0.5, 0.6) is 0 Å². The molecule has 3 heterocycles. The minimum Gasteiger partial charge on any atom is -0.351 e. The first-order chi connectivity index (χ1) is 16.6. The molecule has 4 rings (SSSR count). The Morgan fingerprint density at radius 1 is 1.11 bits per heavy atom. The molecule has 1 saturated heterocycles. The molecule has 0 spiro atoms. The maximum atomic E-state index is 13.2. The van der Waals surface area contributed by atoms with Gasteiger partial charge in [0.25, 0.3) is 15.9 Å². The molecule has 9 heteroatoms. The van der Waals surface area contributed by atoms with E-state index in [9.17, 15) is 13.2 Å². The third-order valence-corrected chi connectivity index (χ3v) is 7.56. The molecule has 1 unspecified atom stereocenters. The molecule has 1 fully saturated rings. The van der Waals surface area contributed by atoms with Crippen LogP contribution in [0.15, 0.2) is 65.8 Å². The van der Waals surface area contributed by atoms with Crippen molar-refractivity contribution in [1.82, 2.24) is 14.7 Å². The average Bonchev–Trinajstić information content (AvgIpc) is 3.10. The van der Waals surface area contributed by atoms with Gasteiger partial charge in [0.05, 0.1) is 10.5 Å². The van der Waals surface area contributed by atoms with E-state index in [1.807, 2.05) is 19.1 Å². The Hall–Kier alpha value is -3.46. The van der Waals surface area contributed by atoms with E-state index < -0.39 is 15.9 Å². The van der Waals surface area contributed by atoms with Crippen LogP contribution in [0.4, 0.5) is 17.3 Å². The van der Waals surface area contributed by atoms with E-state index in [1.54, 1.807) is 36.7 Å². The molecule has 0 saturated carbocycles. The van der Waals surface area contributed by atoms with Crippen LogP contribution in [0, 0.1) is 5.92 Å². The Morgan fingerprint density at radius 2 is 1.91 bits per heavy atom. The number of carbonyl (C=O) groups excluding carboxylic acids is 1. The zero-order valence-corrected chi connectivity index (χ0v) is 21.3. The van der Waals surface area contributed by atoms with Crippen LogP contribution < -0.4 is 14.9 Å². The summed E-state index contributed by atoms with van der Waals surface area (Å²) in [6, 6.07) is 13.4. The second-order valence-electron chi connectivity index (χ2n) is 9.60. The van der Waals surface area contributed by atoms with Crippen molar-refractivity contribution >= 4 is 33.3 Å². The molecule has 8 nitrogen and oxygen atoms in total. The zero-order chi connectivity index (χ0) is 25.2. The number of pyridine rings is 2. The van der Waals surface area contributed by atoms with Crippen molar-refractivity contribution in [2.45, 2.75) is 51.0 Å². The van der Waals surface area contributed by atoms with Crippen molar-refractivity contribution in [3.05, 3.63) is 72.1 Å². The van der Waals surface area contributed by atoms with Gasteiger partial charge < -0.3 is 10.2 Å². The maximum Gasteiger partial charge on any atom is 0.268 e. The number of benzene rings is 1. The Morgan fingerprint density at radius 3 is 2.63 bits per heavy atom. The maximum absolute atomic E-state index is 13.2. The second kappa shape index (κ2) is 9.65. The number of aryl methyl sites for hydroxylation is 1. The number of hydrogen-bond acceptors (Lipinski definition) is 7. The molecule has 184 valence electrons. The lowest BCUT2D eigenvalue weighted by Gasteiger charge is -2.33. The van der Waals surface area contributed by atoms with E-state index in [0.717, 1.165) is 24.9 Å². The molecule has 1 amide bonds. The number of nitrogens with one attached hydrogen (secondary N) is 2. The van der Waals surface area contributed by atoms with Crippen LogP contribution >= 0.6 is 0 Å². The first kappa shape index (κ1) is 24.7. The summed E-state index contributed by atoms with van der Waals surface area (Å²) in [5.74, 6) is 0.839. The van der Waals surface area contributed by atoms with Gasteiger partial charge in [-0.05, 0) is 80.6 Å². The van der Waals surface area contributed by atoms with Crippen molar-refractivity contribution in [2.24, 2.45) is 5.92 Å². The van der Waals surface area contributed by atoms with Gasteiger partial charge in [-0.25, -0.2) is 23.1 Å². The Kier molecular flexibility index (Phi) is 6.80. The topological polar surface area (TPSA) is 104 Å². The fraction of sp³-hybridized carbons (Fsp3) is 0.346. The fourth-order valence-electron chi connectivity index (χ4n) is 4.64. The van der Waals surface area contributed by atoms with Crippen molar-refractivity contribution in [3.63, 3.8) is 0 Å². The number of aromatic nitrogens is 2. The summed E-state index contributed by atoms with van der Waals surface area (Å²) in [6.45, 7) is 9.16. The number of rotatable bonds is 7. The standard InChI is InChI=1S/C26H31N5O3S/c1-5-19-11-13-27-23(14-19)29-20-8-6-9-21(15-20)35(33,34)30-25(32)22-10-7-12-28-24(22)31-17-18(2)16-26(31,3)4/h6-15,18H,5,16-17H2,1-4H3,(H,27,29)(H,30,32). The lowest BCUT2D eigenvalue weighted by Crippen LogP contribution is -2.40. The Labute approximate surface area is 206 Å². The minimum absolute atomic E-state index is 0.0249. The fourth-order valence-corrected chi connectivity index (χ4v) is 5.65. The van der Waals surface area contributed by atoms with Crippen molar-refractivity contribution in [3.8, 4) is 0 Å². The Balaban J connectivity index is 1.57. The van der Waals surface area contributed by atoms with Gasteiger partial charge in [-0.2, -0.15) is 0 Å². The largest absolute Gasteiger partial charge is 0.351 e. The number of carbonyl (C=O) groups is 1. The lowest BCUT2D eigenvalue weighted by molar-refractivity contribution is 0.0981. The average molecular weight is 494 g/mol. The van der Waals surface area contributed by atoms with E-state index in [4.69, 9.17) is 0 Å². The van der Waals surface area contributed by atoms with Gasteiger partial charge in [0.15, 0.2) is 0 Å². The predicted octanol–water partition coefficient (Wildman–Crippen LogP) is 4.53. The minimum atomic E-state index is -4.12. The monoisotopic (exact) mass is 493 g/mol. The molecule has 2 aromatic heterocycles. The van der Waals surface area contributed by atoms with Crippen LogP contribution in [0.3, 0.4) is 0 Å². The van der Waals surface area contributed by atoms with E-state index in [1.165, 1.54) is 12.1 Å². The number of nitrogens with zero attached hydrogens (tertiary/aromatic N) is 3. The third kappa shape index (κ3) is 5.45. The molecule has 1 atom stereocenters. The molecule has 1 aromatic carbocycles. The lowest BCUT2D eigenvalue weighted by atomic mass is 9.97. The van der Waals surface area contributed by atoms with Crippen LogP contribution in [0.25, 0.3) is 0 Å². The number of amides is 1. The molecule has 0 bridgehead atoms. The van der Waals surface area contributed by atoms with Crippen molar-refractivity contribution < 1.29 is 13.2 Å². The molecule has 3 aromatic rings. The molecule has 0 aliphatic carbocycles. The molecule has 2 N–H and O–H groups in total. The quantitative estimate of drug-likeness (QED) is 0.498.